The SMILES string of the molecule is CC(=N)CCO[Si](c1ccccc1)(c1ccccc1)C(C)(C)C. The normalized spacial score (nSPS) is 12.2. The quantitative estimate of drug-likeness (QED) is 0.632. The van der Waals surface area contributed by atoms with Crippen LogP contribution in [-0.4, -0.2) is 20.6 Å². The van der Waals surface area contributed by atoms with Gasteiger partial charge in [0, 0.05) is 18.7 Å². The summed E-state index contributed by atoms with van der Waals surface area (Å²) in [6, 6.07) is 21.3. The van der Waals surface area contributed by atoms with Crippen molar-refractivity contribution in [3.8, 4) is 0 Å². The van der Waals surface area contributed by atoms with Crippen LogP contribution in [0.15, 0.2) is 60.7 Å². The summed E-state index contributed by atoms with van der Waals surface area (Å²) in [4.78, 5) is 0. The molecule has 0 atom stereocenters. The molecule has 122 valence electrons. The zero-order chi connectivity index (χ0) is 16.9. The van der Waals surface area contributed by atoms with Crippen molar-refractivity contribution in [1.29, 1.82) is 5.41 Å². The van der Waals surface area contributed by atoms with E-state index in [9.17, 15) is 0 Å². The van der Waals surface area contributed by atoms with E-state index in [1.54, 1.807) is 0 Å². The van der Waals surface area contributed by atoms with Gasteiger partial charge in [0.05, 0.1) is 0 Å². The van der Waals surface area contributed by atoms with Crippen molar-refractivity contribution in [2.45, 2.75) is 39.2 Å². The first kappa shape index (κ1) is 17.6. The lowest BCUT2D eigenvalue weighted by Crippen LogP contribution is -2.66. The average Bonchev–Trinajstić information content (AvgIpc) is 2.52. The fraction of sp³-hybridized carbons (Fsp3) is 0.350. The smallest absolute Gasteiger partial charge is 0.261 e. The second kappa shape index (κ2) is 7.24. The topological polar surface area (TPSA) is 33.1 Å². The molecule has 2 nitrogen and oxygen atoms in total. The largest absolute Gasteiger partial charge is 0.407 e. The van der Waals surface area contributed by atoms with Gasteiger partial charge in [-0.2, -0.15) is 0 Å². The molecule has 0 bridgehead atoms. The second-order valence-electron chi connectivity index (χ2n) is 7.04. The van der Waals surface area contributed by atoms with E-state index in [0.717, 1.165) is 0 Å². The van der Waals surface area contributed by atoms with Crippen molar-refractivity contribution in [1.82, 2.24) is 0 Å². The Morgan fingerprint density at radius 2 is 1.35 bits per heavy atom. The fourth-order valence-electron chi connectivity index (χ4n) is 3.12. The minimum Gasteiger partial charge on any atom is -0.407 e. The van der Waals surface area contributed by atoms with E-state index < -0.39 is 8.32 Å². The molecule has 1 N–H and O–H groups in total. The Balaban J connectivity index is 2.57. The summed E-state index contributed by atoms with van der Waals surface area (Å²) in [6.07, 6.45) is 0.685. The summed E-state index contributed by atoms with van der Waals surface area (Å²) in [6.45, 7) is 9.26. The predicted molar refractivity (Wildman–Crippen MR) is 102 cm³/mol. The van der Waals surface area contributed by atoms with Gasteiger partial charge in [-0.05, 0) is 22.3 Å². The number of hydrogen-bond donors (Lipinski definition) is 1. The molecule has 2 aromatic carbocycles. The molecule has 2 aromatic rings. The Labute approximate surface area is 141 Å². The third-order valence-corrected chi connectivity index (χ3v) is 9.25. The molecule has 23 heavy (non-hydrogen) atoms. The first-order chi connectivity index (χ1) is 10.9. The van der Waals surface area contributed by atoms with Gasteiger partial charge in [0.15, 0.2) is 0 Å². The van der Waals surface area contributed by atoms with Gasteiger partial charge in [-0.3, -0.25) is 0 Å². The highest BCUT2D eigenvalue weighted by Gasteiger charge is 2.49. The van der Waals surface area contributed by atoms with Crippen molar-refractivity contribution in [2.24, 2.45) is 0 Å². The highest BCUT2D eigenvalue weighted by Crippen LogP contribution is 2.36. The highest BCUT2D eigenvalue weighted by molar-refractivity contribution is 6.99. The molecular weight excluding hydrogens is 298 g/mol. The molecule has 0 fully saturated rings. The zero-order valence-electron chi connectivity index (χ0n) is 14.6. The van der Waals surface area contributed by atoms with E-state index in [0.29, 0.717) is 18.7 Å². The summed E-state index contributed by atoms with van der Waals surface area (Å²) < 4.78 is 6.68. The van der Waals surface area contributed by atoms with Gasteiger partial charge in [-0.15, -0.1) is 0 Å². The Morgan fingerprint density at radius 1 is 0.913 bits per heavy atom. The number of hydrogen-bond acceptors (Lipinski definition) is 2. The van der Waals surface area contributed by atoms with E-state index in [4.69, 9.17) is 9.84 Å². The van der Waals surface area contributed by atoms with Crippen LogP contribution in [0.2, 0.25) is 5.04 Å². The van der Waals surface area contributed by atoms with Crippen LogP contribution >= 0.6 is 0 Å². The van der Waals surface area contributed by atoms with E-state index >= 15 is 0 Å². The van der Waals surface area contributed by atoms with Crippen LogP contribution in [0.1, 0.15) is 34.1 Å². The lowest BCUT2D eigenvalue weighted by Gasteiger charge is -2.43. The standard InChI is InChI=1S/C20H27NOSi/c1-17(21)15-16-22-23(20(2,3)4,18-11-7-5-8-12-18)19-13-9-6-10-14-19/h5-14,21H,15-16H2,1-4H3. The van der Waals surface area contributed by atoms with Gasteiger partial charge in [0.2, 0.25) is 0 Å². The van der Waals surface area contributed by atoms with E-state index in [-0.39, 0.29) is 5.04 Å². The maximum absolute atomic E-state index is 7.70. The summed E-state index contributed by atoms with van der Waals surface area (Å²) in [7, 11) is -2.41. The van der Waals surface area contributed by atoms with Crippen LogP contribution < -0.4 is 10.4 Å². The number of nitrogens with one attached hydrogen (secondary N) is 1. The van der Waals surface area contributed by atoms with Crippen molar-refractivity contribution in [2.75, 3.05) is 6.61 Å². The third kappa shape index (κ3) is 3.79. The molecule has 0 aliphatic carbocycles. The third-order valence-electron chi connectivity index (χ3n) is 4.21. The molecule has 0 spiro atoms. The Hall–Kier alpha value is -1.71. The maximum atomic E-state index is 7.70. The Morgan fingerprint density at radius 3 is 1.70 bits per heavy atom. The minimum atomic E-state index is -2.41. The molecule has 0 heterocycles. The van der Waals surface area contributed by atoms with Crippen LogP contribution in [0.5, 0.6) is 0 Å². The van der Waals surface area contributed by atoms with Gasteiger partial charge in [0.1, 0.15) is 0 Å². The first-order valence-electron chi connectivity index (χ1n) is 8.17. The van der Waals surface area contributed by atoms with Crippen molar-refractivity contribution in [3.05, 3.63) is 60.7 Å². The van der Waals surface area contributed by atoms with Crippen molar-refractivity contribution >= 4 is 24.4 Å². The van der Waals surface area contributed by atoms with Gasteiger partial charge < -0.3 is 9.84 Å². The Kier molecular flexibility index (Phi) is 5.55. The van der Waals surface area contributed by atoms with Crippen LogP contribution in [-0.2, 0) is 4.43 Å². The summed E-state index contributed by atoms with van der Waals surface area (Å²) in [5.74, 6) is 0. The molecule has 0 radical (unpaired) electrons. The number of benzene rings is 2. The average molecular weight is 326 g/mol. The van der Waals surface area contributed by atoms with Gasteiger partial charge >= 0.3 is 0 Å². The fourth-order valence-corrected chi connectivity index (χ4v) is 7.68. The lowest BCUT2D eigenvalue weighted by atomic mass is 10.2. The van der Waals surface area contributed by atoms with Crippen molar-refractivity contribution < 1.29 is 4.43 Å². The van der Waals surface area contributed by atoms with Gasteiger partial charge in [-0.25, -0.2) is 0 Å². The van der Waals surface area contributed by atoms with Gasteiger partial charge in [-0.1, -0.05) is 81.4 Å². The predicted octanol–water partition coefficient (Wildman–Crippen LogP) is 3.99. The van der Waals surface area contributed by atoms with Crippen LogP contribution in [0.25, 0.3) is 0 Å². The molecule has 0 aliphatic rings. The molecular formula is C20H27NOSi. The maximum Gasteiger partial charge on any atom is 0.261 e. The van der Waals surface area contributed by atoms with Gasteiger partial charge in [0.25, 0.3) is 8.32 Å². The summed E-state index contributed by atoms with van der Waals surface area (Å²) in [5.41, 5.74) is 0.669. The Bertz CT molecular complexity index is 592. The van der Waals surface area contributed by atoms with E-state index in [2.05, 4.69) is 81.4 Å². The lowest BCUT2D eigenvalue weighted by molar-refractivity contribution is 0.308. The van der Waals surface area contributed by atoms with E-state index in [1.165, 1.54) is 10.4 Å². The second-order valence-corrected chi connectivity index (χ2v) is 11.3. The minimum absolute atomic E-state index is 0.00559. The van der Waals surface area contributed by atoms with Crippen LogP contribution in [0.3, 0.4) is 0 Å². The monoisotopic (exact) mass is 325 g/mol. The molecule has 0 saturated heterocycles. The number of rotatable bonds is 6. The van der Waals surface area contributed by atoms with E-state index in [1.807, 2.05) is 6.92 Å². The van der Waals surface area contributed by atoms with Crippen molar-refractivity contribution in [3.63, 3.8) is 0 Å². The van der Waals surface area contributed by atoms with Crippen LogP contribution in [0, 0.1) is 5.41 Å². The zero-order valence-corrected chi connectivity index (χ0v) is 15.6. The summed E-state index contributed by atoms with van der Waals surface area (Å²) >= 11 is 0. The molecule has 2 rings (SSSR count). The molecule has 3 heteroatoms. The molecule has 0 aliphatic heterocycles. The molecule has 0 amide bonds. The molecule has 0 unspecified atom stereocenters. The van der Waals surface area contributed by atoms with Crippen LogP contribution in [0.4, 0.5) is 0 Å². The summed E-state index contributed by atoms with van der Waals surface area (Å²) in [5, 5.41) is 10.3. The first-order valence-corrected chi connectivity index (χ1v) is 10.1. The molecule has 0 aromatic heterocycles. The highest BCUT2D eigenvalue weighted by atomic mass is 28.4. The molecule has 0 saturated carbocycles.